The zero-order valence-electron chi connectivity index (χ0n) is 11.4. The molecule has 1 rings (SSSR count). The van der Waals surface area contributed by atoms with Gasteiger partial charge in [-0.1, -0.05) is 6.92 Å². The molecule has 0 aromatic heterocycles. The van der Waals surface area contributed by atoms with E-state index in [1.54, 1.807) is 13.1 Å². The SMILES string of the molecule is CCC(=O)N1CCNC=C1OC(=O)NC(C)(C)C. The summed E-state index contributed by atoms with van der Waals surface area (Å²) in [5.74, 6) is 0.182. The first-order valence-corrected chi connectivity index (χ1v) is 6.07. The monoisotopic (exact) mass is 255 g/mol. The van der Waals surface area contributed by atoms with Gasteiger partial charge in [0.1, 0.15) is 0 Å². The Bertz CT molecular complexity index is 358. The fourth-order valence-corrected chi connectivity index (χ4v) is 1.47. The van der Waals surface area contributed by atoms with Gasteiger partial charge >= 0.3 is 6.09 Å². The number of nitrogens with zero attached hydrogens (tertiary/aromatic N) is 1. The van der Waals surface area contributed by atoms with E-state index >= 15 is 0 Å². The van der Waals surface area contributed by atoms with Crippen molar-refractivity contribution in [3.8, 4) is 0 Å². The highest BCUT2D eigenvalue weighted by atomic mass is 16.6. The largest absolute Gasteiger partial charge is 0.414 e. The Kier molecular flexibility index (Phi) is 4.58. The average Bonchev–Trinajstić information content (AvgIpc) is 2.26. The summed E-state index contributed by atoms with van der Waals surface area (Å²) in [5, 5.41) is 5.63. The van der Waals surface area contributed by atoms with Crippen molar-refractivity contribution in [2.45, 2.75) is 39.7 Å². The van der Waals surface area contributed by atoms with Crippen LogP contribution in [-0.2, 0) is 9.53 Å². The van der Waals surface area contributed by atoms with Crippen LogP contribution in [0.15, 0.2) is 12.1 Å². The molecule has 0 fully saturated rings. The van der Waals surface area contributed by atoms with E-state index in [0.29, 0.717) is 19.5 Å². The van der Waals surface area contributed by atoms with Gasteiger partial charge in [0.2, 0.25) is 11.8 Å². The number of ether oxygens (including phenoxy) is 1. The molecule has 0 aromatic carbocycles. The fraction of sp³-hybridized carbons (Fsp3) is 0.667. The van der Waals surface area contributed by atoms with Gasteiger partial charge in [0, 0.05) is 25.0 Å². The van der Waals surface area contributed by atoms with E-state index in [-0.39, 0.29) is 17.3 Å². The van der Waals surface area contributed by atoms with Crippen LogP contribution in [0.25, 0.3) is 0 Å². The number of carbonyl (C=O) groups excluding carboxylic acids is 2. The first-order valence-electron chi connectivity index (χ1n) is 6.07. The second kappa shape index (κ2) is 5.75. The van der Waals surface area contributed by atoms with Gasteiger partial charge in [-0.2, -0.15) is 0 Å². The van der Waals surface area contributed by atoms with Gasteiger partial charge in [-0.25, -0.2) is 4.79 Å². The van der Waals surface area contributed by atoms with Gasteiger partial charge in [-0.15, -0.1) is 0 Å². The van der Waals surface area contributed by atoms with Crippen LogP contribution in [0.1, 0.15) is 34.1 Å². The van der Waals surface area contributed by atoms with E-state index in [1.807, 2.05) is 20.8 Å². The molecule has 0 bridgehead atoms. The summed E-state index contributed by atoms with van der Waals surface area (Å²) in [4.78, 5) is 24.8. The predicted octanol–water partition coefficient (Wildman–Crippen LogP) is 1.15. The maximum Gasteiger partial charge on any atom is 0.414 e. The molecule has 6 heteroatoms. The standard InChI is InChI=1S/C12H21N3O3/c1-5-9(16)15-7-6-13-8-10(15)18-11(17)14-12(2,3)4/h8,13H,5-7H2,1-4H3,(H,14,17). The molecule has 2 amide bonds. The summed E-state index contributed by atoms with van der Waals surface area (Å²) in [6.45, 7) is 8.50. The molecular formula is C12H21N3O3. The molecule has 0 aliphatic carbocycles. The van der Waals surface area contributed by atoms with Crippen molar-refractivity contribution in [1.82, 2.24) is 15.5 Å². The molecule has 0 saturated heterocycles. The van der Waals surface area contributed by atoms with Crippen LogP contribution in [0.3, 0.4) is 0 Å². The molecule has 0 atom stereocenters. The lowest BCUT2D eigenvalue weighted by molar-refractivity contribution is -0.131. The number of alkyl carbamates (subject to hydrolysis) is 1. The maximum absolute atomic E-state index is 11.7. The first-order chi connectivity index (χ1) is 8.33. The first kappa shape index (κ1) is 14.3. The van der Waals surface area contributed by atoms with E-state index < -0.39 is 6.09 Å². The maximum atomic E-state index is 11.7. The fourth-order valence-electron chi connectivity index (χ4n) is 1.47. The normalized spacial score (nSPS) is 15.6. The Morgan fingerprint density at radius 2 is 2.17 bits per heavy atom. The van der Waals surface area contributed by atoms with Crippen molar-refractivity contribution in [3.63, 3.8) is 0 Å². The summed E-state index contributed by atoms with van der Waals surface area (Å²) < 4.78 is 5.16. The topological polar surface area (TPSA) is 70.7 Å². The molecule has 0 unspecified atom stereocenters. The zero-order valence-corrected chi connectivity index (χ0v) is 11.4. The summed E-state index contributed by atoms with van der Waals surface area (Å²) in [5.41, 5.74) is -0.376. The second-order valence-corrected chi connectivity index (χ2v) is 5.10. The third kappa shape index (κ3) is 4.27. The van der Waals surface area contributed by atoms with E-state index in [9.17, 15) is 9.59 Å². The molecule has 0 spiro atoms. The third-order valence-electron chi connectivity index (χ3n) is 2.25. The zero-order chi connectivity index (χ0) is 13.8. The minimum absolute atomic E-state index is 0.0636. The molecular weight excluding hydrogens is 234 g/mol. The van der Waals surface area contributed by atoms with Crippen LogP contribution in [0, 0.1) is 0 Å². The van der Waals surface area contributed by atoms with Gasteiger partial charge in [-0.3, -0.25) is 9.69 Å². The van der Waals surface area contributed by atoms with Gasteiger partial charge in [0.05, 0.1) is 6.20 Å². The molecule has 18 heavy (non-hydrogen) atoms. The van der Waals surface area contributed by atoms with Crippen molar-refractivity contribution < 1.29 is 14.3 Å². The van der Waals surface area contributed by atoms with Gasteiger partial charge < -0.3 is 15.4 Å². The van der Waals surface area contributed by atoms with Crippen LogP contribution in [-0.4, -0.2) is 35.5 Å². The van der Waals surface area contributed by atoms with Crippen LogP contribution in [0.2, 0.25) is 0 Å². The lowest BCUT2D eigenvalue weighted by Gasteiger charge is -2.28. The van der Waals surface area contributed by atoms with Crippen LogP contribution in [0.4, 0.5) is 4.79 Å². The van der Waals surface area contributed by atoms with Crippen molar-refractivity contribution in [1.29, 1.82) is 0 Å². The highest BCUT2D eigenvalue weighted by molar-refractivity contribution is 5.78. The number of rotatable bonds is 2. The van der Waals surface area contributed by atoms with Gasteiger partial charge in [-0.05, 0) is 20.8 Å². The Morgan fingerprint density at radius 3 is 2.72 bits per heavy atom. The molecule has 0 radical (unpaired) electrons. The van der Waals surface area contributed by atoms with Crippen LogP contribution in [0.5, 0.6) is 0 Å². The average molecular weight is 255 g/mol. The molecule has 102 valence electrons. The quantitative estimate of drug-likeness (QED) is 0.776. The number of nitrogens with one attached hydrogen (secondary N) is 2. The third-order valence-corrected chi connectivity index (χ3v) is 2.25. The molecule has 1 aliphatic rings. The Balaban J connectivity index is 2.66. The molecule has 1 heterocycles. The summed E-state index contributed by atoms with van der Waals surface area (Å²) >= 11 is 0. The number of hydrogen-bond acceptors (Lipinski definition) is 4. The summed E-state index contributed by atoms with van der Waals surface area (Å²) in [7, 11) is 0. The van der Waals surface area contributed by atoms with Crippen molar-refractivity contribution >= 4 is 12.0 Å². The lowest BCUT2D eigenvalue weighted by atomic mass is 10.1. The van der Waals surface area contributed by atoms with Crippen molar-refractivity contribution in [2.75, 3.05) is 13.1 Å². The predicted molar refractivity (Wildman–Crippen MR) is 67.5 cm³/mol. The van der Waals surface area contributed by atoms with Crippen LogP contribution < -0.4 is 10.6 Å². The Morgan fingerprint density at radius 1 is 1.50 bits per heavy atom. The Hall–Kier alpha value is -1.72. The molecule has 6 nitrogen and oxygen atoms in total. The molecule has 2 N–H and O–H groups in total. The summed E-state index contributed by atoms with van der Waals surface area (Å²) in [6, 6.07) is 0. The van der Waals surface area contributed by atoms with Crippen molar-refractivity contribution in [2.24, 2.45) is 0 Å². The van der Waals surface area contributed by atoms with Crippen molar-refractivity contribution in [3.05, 3.63) is 12.1 Å². The lowest BCUT2D eigenvalue weighted by Crippen LogP contribution is -2.45. The van der Waals surface area contributed by atoms with E-state index in [2.05, 4.69) is 10.6 Å². The highest BCUT2D eigenvalue weighted by Crippen LogP contribution is 2.11. The minimum atomic E-state index is -0.564. The van der Waals surface area contributed by atoms with Gasteiger partial charge in [0.15, 0.2) is 0 Å². The Labute approximate surface area is 107 Å². The highest BCUT2D eigenvalue weighted by Gasteiger charge is 2.24. The molecule has 0 saturated carbocycles. The van der Waals surface area contributed by atoms with Gasteiger partial charge in [0.25, 0.3) is 0 Å². The number of hydrogen-bond donors (Lipinski definition) is 2. The number of carbonyl (C=O) groups is 2. The number of amides is 2. The molecule has 0 aromatic rings. The smallest absolute Gasteiger partial charge is 0.391 e. The second-order valence-electron chi connectivity index (χ2n) is 5.10. The summed E-state index contributed by atoms with van der Waals surface area (Å²) in [6.07, 6.45) is 1.35. The van der Waals surface area contributed by atoms with E-state index in [1.165, 1.54) is 4.90 Å². The van der Waals surface area contributed by atoms with E-state index in [0.717, 1.165) is 0 Å². The minimum Gasteiger partial charge on any atom is -0.391 e. The van der Waals surface area contributed by atoms with E-state index in [4.69, 9.17) is 4.74 Å². The van der Waals surface area contributed by atoms with Crippen LogP contribution >= 0.6 is 0 Å². The molecule has 1 aliphatic heterocycles.